The summed E-state index contributed by atoms with van der Waals surface area (Å²) in [6.07, 6.45) is 0.833. The molecule has 1 aliphatic rings. The molecule has 2 aromatic rings. The maximum atomic E-state index is 12.7. The number of aryl methyl sites for hydroxylation is 1. The second-order valence-electron chi connectivity index (χ2n) is 6.17. The molecule has 0 radical (unpaired) electrons. The Kier molecular flexibility index (Phi) is 4.95. The fraction of sp³-hybridized carbons (Fsp3) is 0.263. The van der Waals surface area contributed by atoms with Crippen LogP contribution in [0, 0.1) is 6.92 Å². The molecule has 5 nitrogen and oxygen atoms in total. The number of hydrogen-bond acceptors (Lipinski definition) is 2. The fourth-order valence-corrected chi connectivity index (χ4v) is 3.22. The molecule has 0 aromatic heterocycles. The zero-order valence-corrected chi connectivity index (χ0v) is 14.9. The second-order valence-corrected chi connectivity index (χ2v) is 6.58. The van der Waals surface area contributed by atoms with Gasteiger partial charge in [0.15, 0.2) is 0 Å². The standard InChI is InChI=1S/C19H20ClN3O2/c1-12-7-8-16(15(20)11-12)22-19(25)21-13(2)18(24)23-10-9-14-5-3-4-6-17(14)23/h3-8,11,13H,9-10H2,1-2H3,(H2,21,22,25)/t13-/m1/s1. The average molecular weight is 358 g/mol. The fourth-order valence-electron chi connectivity index (χ4n) is 2.94. The van der Waals surface area contributed by atoms with Gasteiger partial charge in [-0.3, -0.25) is 4.79 Å². The molecule has 0 unspecified atom stereocenters. The molecule has 1 aliphatic heterocycles. The predicted molar refractivity (Wildman–Crippen MR) is 100 cm³/mol. The molecule has 2 aromatic carbocycles. The Morgan fingerprint density at radius 2 is 1.96 bits per heavy atom. The number of nitrogens with zero attached hydrogens (tertiary/aromatic N) is 1. The molecule has 130 valence electrons. The Morgan fingerprint density at radius 3 is 2.72 bits per heavy atom. The summed E-state index contributed by atoms with van der Waals surface area (Å²) in [4.78, 5) is 26.6. The molecule has 0 aliphatic carbocycles. The van der Waals surface area contributed by atoms with E-state index in [2.05, 4.69) is 10.6 Å². The number of urea groups is 1. The first-order chi connectivity index (χ1) is 12.0. The highest BCUT2D eigenvalue weighted by atomic mass is 35.5. The van der Waals surface area contributed by atoms with Crippen molar-refractivity contribution in [1.29, 1.82) is 0 Å². The Hall–Kier alpha value is -2.53. The van der Waals surface area contributed by atoms with Gasteiger partial charge in [0.25, 0.3) is 0 Å². The number of amides is 3. The number of anilines is 2. The summed E-state index contributed by atoms with van der Waals surface area (Å²) in [5, 5.41) is 5.82. The van der Waals surface area contributed by atoms with E-state index in [-0.39, 0.29) is 5.91 Å². The number of halogens is 1. The Balaban J connectivity index is 1.63. The smallest absolute Gasteiger partial charge is 0.319 e. The molecule has 1 atom stereocenters. The summed E-state index contributed by atoms with van der Waals surface area (Å²) in [6, 6.07) is 12.1. The molecule has 1 heterocycles. The molecule has 0 spiro atoms. The molecule has 0 bridgehead atoms. The van der Waals surface area contributed by atoms with E-state index in [1.54, 1.807) is 24.0 Å². The van der Waals surface area contributed by atoms with Gasteiger partial charge in [-0.2, -0.15) is 0 Å². The van der Waals surface area contributed by atoms with Crippen molar-refractivity contribution in [2.24, 2.45) is 0 Å². The summed E-state index contributed by atoms with van der Waals surface area (Å²) in [5.74, 6) is -0.130. The maximum Gasteiger partial charge on any atom is 0.319 e. The van der Waals surface area contributed by atoms with Crippen LogP contribution in [0.15, 0.2) is 42.5 Å². The van der Waals surface area contributed by atoms with E-state index in [1.807, 2.05) is 37.3 Å². The van der Waals surface area contributed by atoms with Crippen molar-refractivity contribution in [3.05, 3.63) is 58.6 Å². The maximum absolute atomic E-state index is 12.7. The highest BCUT2D eigenvalue weighted by Crippen LogP contribution is 2.28. The predicted octanol–water partition coefficient (Wildman–Crippen LogP) is 3.75. The van der Waals surface area contributed by atoms with Crippen molar-refractivity contribution < 1.29 is 9.59 Å². The molecular weight excluding hydrogens is 338 g/mol. The lowest BCUT2D eigenvalue weighted by atomic mass is 10.2. The van der Waals surface area contributed by atoms with Gasteiger partial charge in [-0.05, 0) is 49.6 Å². The summed E-state index contributed by atoms with van der Waals surface area (Å²) >= 11 is 6.11. The quantitative estimate of drug-likeness (QED) is 0.878. The Labute approximate surface area is 152 Å². The van der Waals surface area contributed by atoms with Gasteiger partial charge in [0.05, 0.1) is 10.7 Å². The van der Waals surface area contributed by atoms with Crippen molar-refractivity contribution in [2.45, 2.75) is 26.3 Å². The summed E-state index contributed by atoms with van der Waals surface area (Å²) in [6.45, 7) is 4.24. The zero-order valence-electron chi connectivity index (χ0n) is 14.2. The van der Waals surface area contributed by atoms with Crippen LogP contribution in [0.1, 0.15) is 18.1 Å². The Morgan fingerprint density at radius 1 is 1.20 bits per heavy atom. The largest absolute Gasteiger partial charge is 0.326 e. The van der Waals surface area contributed by atoms with Crippen LogP contribution in [0.25, 0.3) is 0 Å². The SMILES string of the molecule is Cc1ccc(NC(=O)N[C@H](C)C(=O)N2CCc3ccccc32)c(Cl)c1. The van der Waals surface area contributed by atoms with E-state index in [4.69, 9.17) is 11.6 Å². The molecule has 0 saturated heterocycles. The van der Waals surface area contributed by atoms with Crippen LogP contribution in [0.2, 0.25) is 5.02 Å². The van der Waals surface area contributed by atoms with Crippen LogP contribution < -0.4 is 15.5 Å². The van der Waals surface area contributed by atoms with Crippen LogP contribution in [-0.4, -0.2) is 24.5 Å². The van der Waals surface area contributed by atoms with Gasteiger partial charge in [0.1, 0.15) is 6.04 Å². The highest BCUT2D eigenvalue weighted by Gasteiger charge is 2.28. The lowest BCUT2D eigenvalue weighted by Gasteiger charge is -2.22. The molecule has 3 rings (SSSR count). The van der Waals surface area contributed by atoms with E-state index in [1.165, 1.54) is 0 Å². The van der Waals surface area contributed by atoms with Gasteiger partial charge in [-0.15, -0.1) is 0 Å². The molecule has 0 fully saturated rings. The van der Waals surface area contributed by atoms with E-state index in [0.29, 0.717) is 17.3 Å². The third-order valence-electron chi connectivity index (χ3n) is 4.24. The molecule has 3 amide bonds. The van der Waals surface area contributed by atoms with Gasteiger partial charge < -0.3 is 15.5 Å². The number of carbonyl (C=O) groups is 2. The topological polar surface area (TPSA) is 61.4 Å². The number of rotatable bonds is 3. The van der Waals surface area contributed by atoms with Crippen LogP contribution in [0.3, 0.4) is 0 Å². The number of hydrogen-bond donors (Lipinski definition) is 2. The molecule has 6 heteroatoms. The van der Waals surface area contributed by atoms with E-state index < -0.39 is 12.1 Å². The van der Waals surface area contributed by atoms with Crippen LogP contribution in [0.4, 0.5) is 16.2 Å². The third-order valence-corrected chi connectivity index (χ3v) is 4.56. The van der Waals surface area contributed by atoms with Gasteiger partial charge >= 0.3 is 6.03 Å². The van der Waals surface area contributed by atoms with Crippen molar-refractivity contribution in [2.75, 3.05) is 16.8 Å². The van der Waals surface area contributed by atoms with Crippen molar-refractivity contribution >= 4 is 34.9 Å². The first-order valence-corrected chi connectivity index (χ1v) is 8.56. The number of nitrogens with one attached hydrogen (secondary N) is 2. The van der Waals surface area contributed by atoms with Crippen LogP contribution in [0.5, 0.6) is 0 Å². The molecule has 2 N–H and O–H groups in total. The van der Waals surface area contributed by atoms with E-state index >= 15 is 0 Å². The molecule has 25 heavy (non-hydrogen) atoms. The lowest BCUT2D eigenvalue weighted by molar-refractivity contribution is -0.119. The minimum atomic E-state index is -0.643. The number of para-hydroxylation sites is 1. The summed E-state index contributed by atoms with van der Waals surface area (Å²) < 4.78 is 0. The lowest BCUT2D eigenvalue weighted by Crippen LogP contribution is -2.47. The van der Waals surface area contributed by atoms with Gasteiger partial charge in [0.2, 0.25) is 5.91 Å². The highest BCUT2D eigenvalue weighted by molar-refractivity contribution is 6.33. The normalized spacial score (nSPS) is 14.0. The number of fused-ring (bicyclic) bond motifs is 1. The van der Waals surface area contributed by atoms with Gasteiger partial charge in [0, 0.05) is 12.2 Å². The first-order valence-electron chi connectivity index (χ1n) is 8.18. The first kappa shape index (κ1) is 17.3. The second kappa shape index (κ2) is 7.15. The Bertz CT molecular complexity index is 822. The summed E-state index contributed by atoms with van der Waals surface area (Å²) in [7, 11) is 0. The summed E-state index contributed by atoms with van der Waals surface area (Å²) in [5.41, 5.74) is 3.59. The van der Waals surface area contributed by atoms with E-state index in [0.717, 1.165) is 23.2 Å². The zero-order chi connectivity index (χ0) is 18.0. The number of benzene rings is 2. The minimum Gasteiger partial charge on any atom is -0.326 e. The van der Waals surface area contributed by atoms with Gasteiger partial charge in [-0.1, -0.05) is 35.9 Å². The van der Waals surface area contributed by atoms with Gasteiger partial charge in [-0.25, -0.2) is 4.79 Å². The van der Waals surface area contributed by atoms with Crippen LogP contribution >= 0.6 is 11.6 Å². The molecular formula is C19H20ClN3O2. The van der Waals surface area contributed by atoms with Crippen molar-refractivity contribution in [3.8, 4) is 0 Å². The minimum absolute atomic E-state index is 0.130. The molecule has 0 saturated carbocycles. The van der Waals surface area contributed by atoms with Crippen LogP contribution in [-0.2, 0) is 11.2 Å². The third kappa shape index (κ3) is 3.77. The average Bonchev–Trinajstić information content (AvgIpc) is 3.00. The monoisotopic (exact) mass is 357 g/mol. The van der Waals surface area contributed by atoms with E-state index in [9.17, 15) is 9.59 Å². The van der Waals surface area contributed by atoms with Crippen molar-refractivity contribution in [3.63, 3.8) is 0 Å². The number of carbonyl (C=O) groups excluding carboxylic acids is 2. The van der Waals surface area contributed by atoms with Crippen molar-refractivity contribution in [1.82, 2.24) is 5.32 Å².